The van der Waals surface area contributed by atoms with Crippen LogP contribution in [0.25, 0.3) is 11.6 Å². The summed E-state index contributed by atoms with van der Waals surface area (Å²) in [5.41, 5.74) is 4.42. The van der Waals surface area contributed by atoms with E-state index in [0.717, 1.165) is 24.2 Å². The van der Waals surface area contributed by atoms with Gasteiger partial charge in [0.25, 0.3) is 11.8 Å². The fourth-order valence-electron chi connectivity index (χ4n) is 4.35. The number of H-pyrrole nitrogens is 1. The van der Waals surface area contributed by atoms with Gasteiger partial charge in [-0.1, -0.05) is 0 Å². The second-order valence-electron chi connectivity index (χ2n) is 8.40. The number of carbonyl (C=O) groups is 3. The van der Waals surface area contributed by atoms with Crippen molar-refractivity contribution < 1.29 is 19.5 Å². The van der Waals surface area contributed by atoms with Gasteiger partial charge >= 0.3 is 5.97 Å². The summed E-state index contributed by atoms with van der Waals surface area (Å²) in [7, 11) is 4.05. The number of aromatic carboxylic acids is 1. The van der Waals surface area contributed by atoms with Gasteiger partial charge in [-0.2, -0.15) is 0 Å². The number of hydrogen-bond donors (Lipinski definition) is 3. The van der Waals surface area contributed by atoms with Crippen molar-refractivity contribution in [3.63, 3.8) is 0 Å². The number of anilines is 1. The second kappa shape index (κ2) is 7.70. The van der Waals surface area contributed by atoms with Gasteiger partial charge in [0, 0.05) is 41.8 Å². The van der Waals surface area contributed by atoms with Crippen molar-refractivity contribution in [2.45, 2.75) is 26.3 Å². The van der Waals surface area contributed by atoms with Gasteiger partial charge in [-0.15, -0.1) is 0 Å². The normalized spacial score (nSPS) is 19.3. The lowest BCUT2D eigenvalue weighted by molar-refractivity contribution is -0.110. The number of likely N-dealkylation sites (N-methyl/N-ethyl adjacent to an activating group) is 1. The molecule has 162 valence electrons. The summed E-state index contributed by atoms with van der Waals surface area (Å²) in [6, 6.07) is 4.90. The number of hydrogen-bond acceptors (Lipinski definition) is 4. The Kier molecular flexibility index (Phi) is 5.18. The van der Waals surface area contributed by atoms with Crippen LogP contribution in [0.3, 0.4) is 0 Å². The summed E-state index contributed by atoms with van der Waals surface area (Å²) in [6.45, 7) is 5.13. The first-order chi connectivity index (χ1) is 14.7. The standard InChI is InChI=1S/C23H26N4O4/c1-12-19(10-17-16-9-14(23(30)31)5-6-18(16)25-21(17)28)24-13(2)20(12)22(29)27-8-7-15(11-27)26(3)4/h5-6,9-10,15,24H,7-8,11H2,1-4H3,(H,25,28)(H,30,31)/b17-10-/t15-/m0/s1. The first-order valence-corrected chi connectivity index (χ1v) is 10.2. The summed E-state index contributed by atoms with van der Waals surface area (Å²) >= 11 is 0. The van der Waals surface area contributed by atoms with E-state index >= 15 is 0 Å². The number of fused-ring (bicyclic) bond motifs is 1. The largest absolute Gasteiger partial charge is 0.478 e. The summed E-state index contributed by atoms with van der Waals surface area (Å²) in [5.74, 6) is -1.36. The first-order valence-electron chi connectivity index (χ1n) is 10.2. The van der Waals surface area contributed by atoms with E-state index < -0.39 is 5.97 Å². The molecular formula is C23H26N4O4. The van der Waals surface area contributed by atoms with Crippen LogP contribution in [0, 0.1) is 13.8 Å². The van der Waals surface area contributed by atoms with Crippen LogP contribution in [0.2, 0.25) is 0 Å². The van der Waals surface area contributed by atoms with Crippen molar-refractivity contribution in [2.24, 2.45) is 0 Å². The van der Waals surface area contributed by atoms with E-state index in [1.807, 2.05) is 32.8 Å². The van der Waals surface area contributed by atoms with Crippen LogP contribution >= 0.6 is 0 Å². The molecule has 8 nitrogen and oxygen atoms in total. The average Bonchev–Trinajstić information content (AvgIpc) is 3.39. The number of rotatable bonds is 4. The van der Waals surface area contributed by atoms with Gasteiger partial charge in [-0.25, -0.2) is 4.79 Å². The first kappa shape index (κ1) is 20.9. The third kappa shape index (κ3) is 3.63. The predicted molar refractivity (Wildman–Crippen MR) is 118 cm³/mol. The van der Waals surface area contributed by atoms with E-state index in [2.05, 4.69) is 15.2 Å². The minimum absolute atomic E-state index is 0.00955. The van der Waals surface area contributed by atoms with E-state index in [9.17, 15) is 19.5 Å². The van der Waals surface area contributed by atoms with Gasteiger partial charge in [0.05, 0.1) is 16.7 Å². The molecule has 0 bridgehead atoms. The molecule has 1 fully saturated rings. The van der Waals surface area contributed by atoms with Crippen LogP contribution in [-0.4, -0.2) is 70.9 Å². The van der Waals surface area contributed by atoms with Crippen LogP contribution in [0.5, 0.6) is 0 Å². The maximum absolute atomic E-state index is 13.2. The highest BCUT2D eigenvalue weighted by Gasteiger charge is 2.31. The minimum atomic E-state index is -1.05. The van der Waals surface area contributed by atoms with Crippen LogP contribution < -0.4 is 5.32 Å². The number of nitrogens with one attached hydrogen (secondary N) is 2. The molecular weight excluding hydrogens is 396 g/mol. The van der Waals surface area contributed by atoms with E-state index in [0.29, 0.717) is 40.7 Å². The van der Waals surface area contributed by atoms with Gasteiger partial charge in [0.2, 0.25) is 0 Å². The van der Waals surface area contributed by atoms with Crippen LogP contribution in [0.15, 0.2) is 18.2 Å². The number of aromatic nitrogens is 1. The lowest BCUT2D eigenvalue weighted by Gasteiger charge is -2.20. The molecule has 1 saturated heterocycles. The Morgan fingerprint density at radius 2 is 2.00 bits per heavy atom. The van der Waals surface area contributed by atoms with Crippen molar-refractivity contribution in [3.05, 3.63) is 51.8 Å². The molecule has 8 heteroatoms. The number of amides is 2. The van der Waals surface area contributed by atoms with Crippen molar-refractivity contribution in [1.29, 1.82) is 0 Å². The Morgan fingerprint density at radius 3 is 2.65 bits per heavy atom. The molecule has 2 aliphatic rings. The Bertz CT molecular complexity index is 1130. The fourth-order valence-corrected chi connectivity index (χ4v) is 4.35. The average molecular weight is 422 g/mol. The Morgan fingerprint density at radius 1 is 1.26 bits per heavy atom. The number of aromatic amines is 1. The molecule has 0 radical (unpaired) electrons. The number of carbonyl (C=O) groups excluding carboxylic acids is 2. The Labute approximate surface area is 180 Å². The van der Waals surface area contributed by atoms with Crippen LogP contribution in [0.1, 0.15) is 49.7 Å². The highest BCUT2D eigenvalue weighted by molar-refractivity contribution is 6.35. The Balaban J connectivity index is 1.68. The molecule has 3 N–H and O–H groups in total. The maximum atomic E-state index is 13.2. The zero-order chi connectivity index (χ0) is 22.4. The number of carboxylic acid groups (broad SMARTS) is 1. The van der Waals surface area contributed by atoms with Gasteiger partial charge in [-0.05, 0) is 64.2 Å². The molecule has 1 atom stereocenters. The topological polar surface area (TPSA) is 106 Å². The van der Waals surface area contributed by atoms with Crippen molar-refractivity contribution in [1.82, 2.24) is 14.8 Å². The van der Waals surface area contributed by atoms with E-state index in [-0.39, 0.29) is 17.4 Å². The third-order valence-corrected chi connectivity index (χ3v) is 6.21. The summed E-state index contributed by atoms with van der Waals surface area (Å²) < 4.78 is 0. The monoisotopic (exact) mass is 422 g/mol. The summed E-state index contributed by atoms with van der Waals surface area (Å²) in [5, 5.41) is 12.0. The van der Waals surface area contributed by atoms with Gasteiger partial charge in [-0.3, -0.25) is 9.59 Å². The molecule has 2 amide bonds. The number of carboxylic acids is 1. The lowest BCUT2D eigenvalue weighted by Crippen LogP contribution is -2.34. The van der Waals surface area contributed by atoms with Crippen molar-refractivity contribution in [3.8, 4) is 0 Å². The predicted octanol–water partition coefficient (Wildman–Crippen LogP) is 2.60. The number of benzene rings is 1. The zero-order valence-electron chi connectivity index (χ0n) is 18.1. The maximum Gasteiger partial charge on any atom is 0.335 e. The Hall–Kier alpha value is -3.39. The smallest absolute Gasteiger partial charge is 0.335 e. The summed E-state index contributed by atoms with van der Waals surface area (Å²) in [4.78, 5) is 44.3. The van der Waals surface area contributed by atoms with E-state index in [1.165, 1.54) is 12.1 Å². The lowest BCUT2D eigenvalue weighted by atomic mass is 10.0. The van der Waals surface area contributed by atoms with E-state index in [4.69, 9.17) is 0 Å². The van der Waals surface area contributed by atoms with Crippen molar-refractivity contribution >= 4 is 35.1 Å². The zero-order valence-corrected chi connectivity index (χ0v) is 18.1. The summed E-state index contributed by atoms with van der Waals surface area (Å²) in [6.07, 6.45) is 2.64. The molecule has 0 spiro atoms. The molecule has 1 aromatic carbocycles. The fraction of sp³-hybridized carbons (Fsp3) is 0.348. The molecule has 3 heterocycles. The van der Waals surface area contributed by atoms with Crippen LogP contribution in [-0.2, 0) is 4.79 Å². The highest BCUT2D eigenvalue weighted by Crippen LogP contribution is 2.35. The van der Waals surface area contributed by atoms with Crippen LogP contribution in [0.4, 0.5) is 5.69 Å². The van der Waals surface area contributed by atoms with E-state index in [1.54, 1.807) is 12.1 Å². The molecule has 2 aliphatic heterocycles. The molecule has 0 unspecified atom stereocenters. The molecule has 31 heavy (non-hydrogen) atoms. The second-order valence-corrected chi connectivity index (χ2v) is 8.40. The van der Waals surface area contributed by atoms with Crippen molar-refractivity contribution in [2.75, 3.05) is 32.5 Å². The molecule has 4 rings (SSSR count). The van der Waals surface area contributed by atoms with Gasteiger partial charge in [0.1, 0.15) is 0 Å². The highest BCUT2D eigenvalue weighted by atomic mass is 16.4. The number of likely N-dealkylation sites (tertiary alicyclic amines) is 1. The quantitative estimate of drug-likeness (QED) is 0.657. The number of aryl methyl sites for hydroxylation is 1. The molecule has 0 saturated carbocycles. The molecule has 2 aromatic rings. The molecule has 1 aromatic heterocycles. The van der Waals surface area contributed by atoms with Gasteiger partial charge in [0.15, 0.2) is 0 Å². The molecule has 0 aliphatic carbocycles. The number of nitrogens with zero attached hydrogens (tertiary/aromatic N) is 2. The SMILES string of the molecule is Cc1[nH]c(/C=C2\C(=O)Nc3ccc(C(=O)O)cc32)c(C)c1C(=O)N1CC[C@H](N(C)C)C1. The van der Waals surface area contributed by atoms with Gasteiger partial charge < -0.3 is 25.2 Å². The third-order valence-electron chi connectivity index (χ3n) is 6.21. The minimum Gasteiger partial charge on any atom is -0.478 e.